The van der Waals surface area contributed by atoms with Gasteiger partial charge in [0.25, 0.3) is 0 Å². The van der Waals surface area contributed by atoms with Gasteiger partial charge in [0, 0.05) is 4.88 Å². The molecule has 5 heteroatoms. The van der Waals surface area contributed by atoms with E-state index in [9.17, 15) is 0 Å². The molecule has 1 unspecified atom stereocenters. The maximum atomic E-state index is 6.32. The Balaban J connectivity index is 1.95. The molecule has 1 aromatic carbocycles. The zero-order chi connectivity index (χ0) is 13.4. The van der Waals surface area contributed by atoms with Crippen LogP contribution in [-0.2, 0) is 0 Å². The van der Waals surface area contributed by atoms with Crippen molar-refractivity contribution in [2.45, 2.75) is 11.8 Å². The second kappa shape index (κ2) is 5.35. The lowest BCUT2D eigenvalue weighted by atomic mass is 10.1. The van der Waals surface area contributed by atoms with Gasteiger partial charge in [0.15, 0.2) is 11.5 Å². The van der Waals surface area contributed by atoms with Crippen molar-refractivity contribution in [3.63, 3.8) is 0 Å². The number of hydrogen-bond acceptors (Lipinski definition) is 3. The van der Waals surface area contributed by atoms with Crippen LogP contribution in [0.2, 0.25) is 5.02 Å². The van der Waals surface area contributed by atoms with Gasteiger partial charge in [-0.1, -0.05) is 33.6 Å². The van der Waals surface area contributed by atoms with Gasteiger partial charge in [-0.2, -0.15) is 0 Å². The van der Waals surface area contributed by atoms with E-state index in [0.717, 1.165) is 32.5 Å². The zero-order valence-electron chi connectivity index (χ0n) is 10.3. The first-order chi connectivity index (χ1) is 9.16. The molecule has 2 nitrogen and oxygen atoms in total. The predicted molar refractivity (Wildman–Crippen MR) is 82.3 cm³/mol. The van der Waals surface area contributed by atoms with Gasteiger partial charge in [0.2, 0.25) is 0 Å². The SMILES string of the molecule is Cc1csc(C(Br)c2ccc3c(c2)OCCO3)c1Cl. The Kier molecular flexibility index (Phi) is 3.74. The zero-order valence-corrected chi connectivity index (χ0v) is 13.4. The third-order valence-electron chi connectivity index (χ3n) is 3.01. The van der Waals surface area contributed by atoms with Crippen molar-refractivity contribution in [2.75, 3.05) is 13.2 Å². The molecule has 0 amide bonds. The molecule has 100 valence electrons. The summed E-state index contributed by atoms with van der Waals surface area (Å²) in [5.41, 5.74) is 2.23. The fourth-order valence-electron chi connectivity index (χ4n) is 1.99. The van der Waals surface area contributed by atoms with E-state index < -0.39 is 0 Å². The van der Waals surface area contributed by atoms with E-state index in [1.165, 1.54) is 0 Å². The van der Waals surface area contributed by atoms with Crippen LogP contribution < -0.4 is 9.47 Å². The maximum Gasteiger partial charge on any atom is 0.161 e. The highest BCUT2D eigenvalue weighted by Crippen LogP contribution is 2.43. The fourth-order valence-corrected chi connectivity index (χ4v) is 4.26. The van der Waals surface area contributed by atoms with Crippen molar-refractivity contribution in [3.8, 4) is 11.5 Å². The molecule has 0 saturated carbocycles. The summed E-state index contributed by atoms with van der Waals surface area (Å²) in [4.78, 5) is 1.20. The summed E-state index contributed by atoms with van der Waals surface area (Å²) in [6, 6.07) is 6.00. The first-order valence-corrected chi connectivity index (χ1v) is 8.11. The molecule has 1 aliphatic heterocycles. The number of halogens is 2. The second-order valence-corrected chi connectivity index (χ2v) is 6.57. The summed E-state index contributed by atoms with van der Waals surface area (Å²) in [5, 5.41) is 2.91. The quantitative estimate of drug-likeness (QED) is 0.705. The lowest BCUT2D eigenvalue weighted by Gasteiger charge is -2.20. The minimum absolute atomic E-state index is 0.0783. The molecule has 0 saturated heterocycles. The number of hydrogen-bond donors (Lipinski definition) is 0. The molecular weight excluding hydrogens is 348 g/mol. The Morgan fingerprint density at radius 3 is 2.68 bits per heavy atom. The van der Waals surface area contributed by atoms with Crippen LogP contribution in [0.1, 0.15) is 20.8 Å². The van der Waals surface area contributed by atoms with Crippen LogP contribution in [0, 0.1) is 6.92 Å². The molecule has 1 aromatic heterocycles. The van der Waals surface area contributed by atoms with E-state index in [1.807, 2.05) is 25.1 Å². The van der Waals surface area contributed by atoms with Crippen molar-refractivity contribution in [1.82, 2.24) is 0 Å². The molecule has 19 heavy (non-hydrogen) atoms. The van der Waals surface area contributed by atoms with Crippen molar-refractivity contribution < 1.29 is 9.47 Å². The minimum Gasteiger partial charge on any atom is -0.486 e. The van der Waals surface area contributed by atoms with Gasteiger partial charge in [0.1, 0.15) is 13.2 Å². The summed E-state index contributed by atoms with van der Waals surface area (Å²) in [6.45, 7) is 3.23. The molecule has 0 N–H and O–H groups in total. The minimum atomic E-state index is 0.0783. The maximum absolute atomic E-state index is 6.32. The van der Waals surface area contributed by atoms with Crippen LogP contribution in [-0.4, -0.2) is 13.2 Å². The second-order valence-electron chi connectivity index (χ2n) is 4.36. The fraction of sp³-hybridized carbons (Fsp3) is 0.286. The van der Waals surface area contributed by atoms with E-state index in [-0.39, 0.29) is 4.83 Å². The van der Waals surface area contributed by atoms with Crippen LogP contribution in [0.5, 0.6) is 11.5 Å². The van der Waals surface area contributed by atoms with Crippen LogP contribution in [0.15, 0.2) is 23.6 Å². The molecule has 2 heterocycles. The Morgan fingerprint density at radius 1 is 1.26 bits per heavy atom. The molecule has 1 aliphatic rings. The molecule has 3 rings (SSSR count). The molecule has 0 radical (unpaired) electrons. The third-order valence-corrected chi connectivity index (χ3v) is 6.08. The Hall–Kier alpha value is -0.710. The number of alkyl halides is 1. The van der Waals surface area contributed by atoms with Crippen molar-refractivity contribution in [2.24, 2.45) is 0 Å². The third kappa shape index (κ3) is 2.49. The van der Waals surface area contributed by atoms with Gasteiger partial charge >= 0.3 is 0 Å². The smallest absolute Gasteiger partial charge is 0.161 e. The Labute approximate surface area is 129 Å². The van der Waals surface area contributed by atoms with E-state index in [2.05, 4.69) is 21.3 Å². The number of rotatable bonds is 2. The normalized spacial score (nSPS) is 15.3. The summed E-state index contributed by atoms with van der Waals surface area (Å²) in [5.74, 6) is 1.61. The van der Waals surface area contributed by atoms with Crippen LogP contribution in [0.3, 0.4) is 0 Å². The molecular formula is C14H12BrClO2S. The topological polar surface area (TPSA) is 18.5 Å². The number of thiophene rings is 1. The Morgan fingerprint density at radius 2 is 2.00 bits per heavy atom. The largest absolute Gasteiger partial charge is 0.486 e. The van der Waals surface area contributed by atoms with Crippen molar-refractivity contribution in [1.29, 1.82) is 0 Å². The summed E-state index contributed by atoms with van der Waals surface area (Å²) < 4.78 is 11.1. The number of fused-ring (bicyclic) bond motifs is 1. The summed E-state index contributed by atoms with van der Waals surface area (Å²) in [7, 11) is 0. The van der Waals surface area contributed by atoms with Gasteiger partial charge < -0.3 is 9.47 Å². The Bertz CT molecular complexity index is 611. The molecule has 0 aliphatic carbocycles. The number of aryl methyl sites for hydroxylation is 1. The number of ether oxygens (including phenoxy) is 2. The summed E-state index contributed by atoms with van der Waals surface area (Å²) >= 11 is 11.7. The van der Waals surface area contributed by atoms with Gasteiger partial charge in [-0.15, -0.1) is 11.3 Å². The van der Waals surface area contributed by atoms with Crippen LogP contribution >= 0.6 is 38.9 Å². The van der Waals surface area contributed by atoms with E-state index >= 15 is 0 Å². The van der Waals surface area contributed by atoms with Crippen LogP contribution in [0.4, 0.5) is 0 Å². The highest BCUT2D eigenvalue weighted by atomic mass is 79.9. The number of benzene rings is 1. The van der Waals surface area contributed by atoms with Gasteiger partial charge in [-0.25, -0.2) is 0 Å². The average molecular weight is 360 g/mol. The highest BCUT2D eigenvalue weighted by molar-refractivity contribution is 9.09. The molecule has 2 aromatic rings. The molecule has 0 spiro atoms. The van der Waals surface area contributed by atoms with Gasteiger partial charge in [-0.05, 0) is 35.6 Å². The van der Waals surface area contributed by atoms with Crippen LogP contribution in [0.25, 0.3) is 0 Å². The lowest BCUT2D eigenvalue weighted by Crippen LogP contribution is -2.15. The van der Waals surface area contributed by atoms with Crippen molar-refractivity contribution >= 4 is 38.9 Å². The van der Waals surface area contributed by atoms with Gasteiger partial charge in [0.05, 0.1) is 9.85 Å². The first kappa shape index (κ1) is 13.3. The van der Waals surface area contributed by atoms with E-state index in [0.29, 0.717) is 13.2 Å². The van der Waals surface area contributed by atoms with E-state index in [4.69, 9.17) is 21.1 Å². The lowest BCUT2D eigenvalue weighted by molar-refractivity contribution is 0.171. The molecule has 0 bridgehead atoms. The highest BCUT2D eigenvalue weighted by Gasteiger charge is 2.20. The molecule has 0 fully saturated rings. The first-order valence-electron chi connectivity index (χ1n) is 5.94. The molecule has 1 atom stereocenters. The standard InChI is InChI=1S/C14H12BrClO2S/c1-8-7-19-14(13(8)16)12(15)9-2-3-10-11(6-9)18-5-4-17-10/h2-3,6-7,12H,4-5H2,1H3. The average Bonchev–Trinajstić information content (AvgIpc) is 2.78. The van der Waals surface area contributed by atoms with Gasteiger partial charge in [-0.3, -0.25) is 0 Å². The monoisotopic (exact) mass is 358 g/mol. The summed E-state index contributed by atoms with van der Waals surface area (Å²) in [6.07, 6.45) is 0. The van der Waals surface area contributed by atoms with Crippen molar-refractivity contribution in [3.05, 3.63) is 44.6 Å². The predicted octanol–water partition coefficient (Wildman–Crippen LogP) is 4.97. The van der Waals surface area contributed by atoms with E-state index in [1.54, 1.807) is 11.3 Å².